The SMILES string of the molecule is CCC(C)(CC)C(=O)CCCN(C)C. The van der Waals surface area contributed by atoms with Gasteiger partial charge in [0.15, 0.2) is 0 Å². The Kier molecular flexibility index (Phi) is 6.01. The number of carbonyl (C=O) groups excluding carboxylic acids is 1. The lowest BCUT2D eigenvalue weighted by Gasteiger charge is -2.25. The van der Waals surface area contributed by atoms with Gasteiger partial charge in [-0.25, -0.2) is 0 Å². The summed E-state index contributed by atoms with van der Waals surface area (Å²) in [6, 6.07) is 0. The fourth-order valence-electron chi connectivity index (χ4n) is 1.50. The van der Waals surface area contributed by atoms with Crippen LogP contribution in [-0.4, -0.2) is 31.3 Å². The summed E-state index contributed by atoms with van der Waals surface area (Å²) in [6.45, 7) is 7.31. The molecular formula is C12H25NO. The fraction of sp³-hybridized carbons (Fsp3) is 0.917. The van der Waals surface area contributed by atoms with Gasteiger partial charge in [-0.2, -0.15) is 0 Å². The molecule has 0 heterocycles. The van der Waals surface area contributed by atoms with Crippen molar-refractivity contribution in [2.75, 3.05) is 20.6 Å². The first kappa shape index (κ1) is 13.6. The minimum absolute atomic E-state index is 0.0771. The summed E-state index contributed by atoms with van der Waals surface area (Å²) >= 11 is 0. The minimum atomic E-state index is -0.0771. The molecule has 0 aromatic carbocycles. The van der Waals surface area contributed by atoms with Crippen LogP contribution in [-0.2, 0) is 4.79 Å². The van der Waals surface area contributed by atoms with Crippen LogP contribution in [0.4, 0.5) is 0 Å². The number of hydrogen-bond donors (Lipinski definition) is 0. The van der Waals surface area contributed by atoms with E-state index < -0.39 is 0 Å². The average Bonchev–Trinajstić information content (AvgIpc) is 2.15. The normalized spacial score (nSPS) is 12.1. The predicted octanol–water partition coefficient (Wildman–Crippen LogP) is 2.72. The molecule has 0 fully saturated rings. The monoisotopic (exact) mass is 199 g/mol. The lowest BCUT2D eigenvalue weighted by Crippen LogP contribution is -2.27. The highest BCUT2D eigenvalue weighted by molar-refractivity contribution is 5.84. The van der Waals surface area contributed by atoms with Gasteiger partial charge in [-0.1, -0.05) is 20.8 Å². The van der Waals surface area contributed by atoms with E-state index in [1.807, 2.05) is 14.1 Å². The first-order valence-electron chi connectivity index (χ1n) is 5.64. The Morgan fingerprint density at radius 1 is 1.21 bits per heavy atom. The van der Waals surface area contributed by atoms with Gasteiger partial charge >= 0.3 is 0 Å². The second-order valence-electron chi connectivity index (χ2n) is 4.60. The smallest absolute Gasteiger partial charge is 0.138 e. The van der Waals surface area contributed by atoms with Crippen molar-refractivity contribution >= 4 is 5.78 Å². The van der Waals surface area contributed by atoms with Crippen molar-refractivity contribution in [2.45, 2.75) is 46.5 Å². The number of Topliss-reactive ketones (excluding diaryl/α,β-unsaturated/α-hetero) is 1. The van der Waals surface area contributed by atoms with E-state index in [0.29, 0.717) is 5.78 Å². The summed E-state index contributed by atoms with van der Waals surface area (Å²) in [6.07, 6.45) is 3.65. The molecule has 0 aromatic heterocycles. The van der Waals surface area contributed by atoms with Crippen LogP contribution in [0, 0.1) is 5.41 Å². The van der Waals surface area contributed by atoms with Gasteiger partial charge in [-0.3, -0.25) is 4.79 Å². The second-order valence-corrected chi connectivity index (χ2v) is 4.60. The molecule has 0 radical (unpaired) electrons. The Morgan fingerprint density at radius 3 is 2.07 bits per heavy atom. The highest BCUT2D eigenvalue weighted by Crippen LogP contribution is 2.28. The maximum atomic E-state index is 11.9. The minimum Gasteiger partial charge on any atom is -0.309 e. The van der Waals surface area contributed by atoms with Crippen molar-refractivity contribution in [3.05, 3.63) is 0 Å². The maximum absolute atomic E-state index is 11.9. The summed E-state index contributed by atoms with van der Waals surface area (Å²) in [4.78, 5) is 14.0. The third-order valence-corrected chi connectivity index (χ3v) is 3.24. The Hall–Kier alpha value is -0.370. The quantitative estimate of drug-likeness (QED) is 0.628. The molecule has 0 atom stereocenters. The summed E-state index contributed by atoms with van der Waals surface area (Å²) in [5, 5.41) is 0. The van der Waals surface area contributed by atoms with Crippen LogP contribution in [0.3, 0.4) is 0 Å². The highest BCUT2D eigenvalue weighted by atomic mass is 16.1. The zero-order valence-electron chi connectivity index (χ0n) is 10.4. The zero-order chi connectivity index (χ0) is 11.2. The van der Waals surface area contributed by atoms with Crippen molar-refractivity contribution in [3.63, 3.8) is 0 Å². The maximum Gasteiger partial charge on any atom is 0.138 e. The van der Waals surface area contributed by atoms with Crippen LogP contribution in [0.2, 0.25) is 0 Å². The van der Waals surface area contributed by atoms with E-state index in [4.69, 9.17) is 0 Å². The number of nitrogens with zero attached hydrogens (tertiary/aromatic N) is 1. The van der Waals surface area contributed by atoms with Gasteiger partial charge < -0.3 is 4.90 Å². The molecule has 0 saturated heterocycles. The van der Waals surface area contributed by atoms with Crippen LogP contribution in [0.1, 0.15) is 46.5 Å². The lowest BCUT2D eigenvalue weighted by molar-refractivity contribution is -0.128. The largest absolute Gasteiger partial charge is 0.309 e. The van der Waals surface area contributed by atoms with E-state index in [9.17, 15) is 4.79 Å². The van der Waals surface area contributed by atoms with Gasteiger partial charge in [-0.15, -0.1) is 0 Å². The number of ketones is 1. The van der Waals surface area contributed by atoms with Crippen LogP contribution in [0.15, 0.2) is 0 Å². The van der Waals surface area contributed by atoms with E-state index in [0.717, 1.165) is 32.2 Å². The topological polar surface area (TPSA) is 20.3 Å². The Balaban J connectivity index is 3.94. The number of rotatable bonds is 7. The first-order chi connectivity index (χ1) is 6.46. The van der Waals surface area contributed by atoms with Gasteiger partial charge in [-0.05, 0) is 39.9 Å². The summed E-state index contributed by atoms with van der Waals surface area (Å²) in [7, 11) is 4.09. The summed E-state index contributed by atoms with van der Waals surface area (Å²) in [5.41, 5.74) is -0.0771. The van der Waals surface area contributed by atoms with E-state index in [2.05, 4.69) is 25.7 Å². The molecule has 0 N–H and O–H groups in total. The molecule has 0 saturated carbocycles. The second kappa shape index (κ2) is 6.18. The lowest BCUT2D eigenvalue weighted by atomic mass is 9.79. The van der Waals surface area contributed by atoms with Crippen LogP contribution >= 0.6 is 0 Å². The third-order valence-electron chi connectivity index (χ3n) is 3.24. The Morgan fingerprint density at radius 2 is 1.71 bits per heavy atom. The zero-order valence-corrected chi connectivity index (χ0v) is 10.4. The highest BCUT2D eigenvalue weighted by Gasteiger charge is 2.27. The third kappa shape index (κ3) is 4.23. The molecule has 0 aromatic rings. The molecule has 2 heteroatoms. The van der Waals surface area contributed by atoms with Crippen LogP contribution in [0.5, 0.6) is 0 Å². The molecule has 0 spiro atoms. The molecule has 0 unspecified atom stereocenters. The summed E-state index contributed by atoms with van der Waals surface area (Å²) in [5.74, 6) is 0.435. The van der Waals surface area contributed by atoms with Crippen LogP contribution in [0.25, 0.3) is 0 Å². The molecule has 14 heavy (non-hydrogen) atoms. The molecule has 0 aliphatic heterocycles. The molecule has 2 nitrogen and oxygen atoms in total. The van der Waals surface area contributed by atoms with Crippen LogP contribution < -0.4 is 0 Å². The predicted molar refractivity (Wildman–Crippen MR) is 61.5 cm³/mol. The van der Waals surface area contributed by atoms with Crippen molar-refractivity contribution in [2.24, 2.45) is 5.41 Å². The number of hydrogen-bond acceptors (Lipinski definition) is 2. The van der Waals surface area contributed by atoms with E-state index in [1.165, 1.54) is 0 Å². The van der Waals surface area contributed by atoms with Crippen molar-refractivity contribution in [1.29, 1.82) is 0 Å². The molecule has 0 aliphatic carbocycles. The molecule has 0 bridgehead atoms. The standard InChI is InChI=1S/C12H25NO/c1-6-12(3,7-2)11(14)9-8-10-13(4)5/h6-10H2,1-5H3. The fourth-order valence-corrected chi connectivity index (χ4v) is 1.50. The number of carbonyl (C=O) groups is 1. The van der Waals surface area contributed by atoms with Gasteiger partial charge in [0.1, 0.15) is 5.78 Å². The Bertz CT molecular complexity index is 171. The van der Waals surface area contributed by atoms with Gasteiger partial charge in [0.2, 0.25) is 0 Å². The van der Waals surface area contributed by atoms with Crippen molar-refractivity contribution in [3.8, 4) is 0 Å². The van der Waals surface area contributed by atoms with Crippen molar-refractivity contribution in [1.82, 2.24) is 4.90 Å². The average molecular weight is 199 g/mol. The molecule has 0 amide bonds. The first-order valence-corrected chi connectivity index (χ1v) is 5.64. The molecular weight excluding hydrogens is 174 g/mol. The van der Waals surface area contributed by atoms with E-state index in [1.54, 1.807) is 0 Å². The molecule has 0 rings (SSSR count). The molecule has 0 aliphatic rings. The van der Waals surface area contributed by atoms with Gasteiger partial charge in [0.25, 0.3) is 0 Å². The summed E-state index contributed by atoms with van der Waals surface area (Å²) < 4.78 is 0. The van der Waals surface area contributed by atoms with E-state index >= 15 is 0 Å². The van der Waals surface area contributed by atoms with E-state index in [-0.39, 0.29) is 5.41 Å². The van der Waals surface area contributed by atoms with Gasteiger partial charge in [0, 0.05) is 11.8 Å². The van der Waals surface area contributed by atoms with Gasteiger partial charge in [0.05, 0.1) is 0 Å². The molecule has 84 valence electrons. The van der Waals surface area contributed by atoms with Crippen molar-refractivity contribution < 1.29 is 4.79 Å². The Labute approximate surface area is 88.7 Å².